The Morgan fingerprint density at radius 1 is 1.33 bits per heavy atom. The quantitative estimate of drug-likeness (QED) is 0.780. The van der Waals surface area contributed by atoms with Crippen LogP contribution in [0.5, 0.6) is 0 Å². The van der Waals surface area contributed by atoms with E-state index in [9.17, 15) is 17.4 Å². The van der Waals surface area contributed by atoms with Crippen LogP contribution >= 0.6 is 0 Å². The number of hydrogen-bond acceptors (Lipinski definition) is 2. The Bertz CT molecular complexity index is 478. The predicted molar refractivity (Wildman–Crippen MR) is 64.7 cm³/mol. The van der Waals surface area contributed by atoms with Crippen molar-refractivity contribution < 1.29 is 17.4 Å². The minimum atomic E-state index is -4.48. The summed E-state index contributed by atoms with van der Waals surface area (Å²) in [6.07, 6.45) is -1.42. The van der Waals surface area contributed by atoms with Gasteiger partial charge < -0.3 is 0 Å². The summed E-state index contributed by atoms with van der Waals surface area (Å²) < 4.78 is 52.6. The monoisotopic (exact) mass is 278 g/mol. The molecule has 0 aliphatic heterocycles. The molecule has 0 saturated carbocycles. The summed E-state index contributed by atoms with van der Waals surface area (Å²) in [5.74, 6) is 0. The third-order valence-electron chi connectivity index (χ3n) is 1.97. The second-order valence-electron chi connectivity index (χ2n) is 4.56. The zero-order valence-electron chi connectivity index (χ0n) is 10.2. The van der Waals surface area contributed by atoms with Crippen LogP contribution in [0.3, 0.4) is 0 Å². The largest absolute Gasteiger partial charge is 0.417 e. The topological polar surface area (TPSA) is 42.3 Å². The fourth-order valence-electron chi connectivity index (χ4n) is 1.03. The van der Waals surface area contributed by atoms with Crippen LogP contribution in [0.2, 0.25) is 0 Å². The van der Waals surface area contributed by atoms with E-state index in [1.807, 2.05) is 0 Å². The summed E-state index contributed by atoms with van der Waals surface area (Å²) in [4.78, 5) is 3.61. The van der Waals surface area contributed by atoms with Gasteiger partial charge in [0.2, 0.25) is 0 Å². The number of hydrogen-bond donors (Lipinski definition) is 0. The Hall–Kier alpha value is -1.24. The normalized spacial score (nSPS) is 15.0. The van der Waals surface area contributed by atoms with Gasteiger partial charge in [0.05, 0.1) is 10.3 Å². The van der Waals surface area contributed by atoms with Gasteiger partial charge in [-0.15, -0.1) is 0 Å². The highest BCUT2D eigenvalue weighted by atomic mass is 32.2. The van der Waals surface area contributed by atoms with Crippen molar-refractivity contribution in [2.24, 2.45) is 4.40 Å². The van der Waals surface area contributed by atoms with E-state index in [2.05, 4.69) is 9.38 Å². The highest BCUT2D eigenvalue weighted by Crippen LogP contribution is 2.30. The molecule has 1 atom stereocenters. The molecule has 0 aromatic carbocycles. The second kappa shape index (κ2) is 5.17. The molecule has 0 N–H and O–H groups in total. The molecule has 3 nitrogen and oxygen atoms in total. The van der Waals surface area contributed by atoms with E-state index in [1.165, 1.54) is 0 Å². The zero-order valence-corrected chi connectivity index (χ0v) is 11.0. The van der Waals surface area contributed by atoms with Crippen molar-refractivity contribution in [1.82, 2.24) is 4.98 Å². The Morgan fingerprint density at radius 3 is 2.44 bits per heavy atom. The van der Waals surface area contributed by atoms with E-state index >= 15 is 0 Å². The van der Waals surface area contributed by atoms with Crippen LogP contribution in [0.15, 0.2) is 22.9 Å². The van der Waals surface area contributed by atoms with Gasteiger partial charge in [0.15, 0.2) is 0 Å². The number of rotatable bonds is 2. The van der Waals surface area contributed by atoms with E-state index in [4.69, 9.17) is 0 Å². The smallest absolute Gasteiger partial charge is 0.264 e. The van der Waals surface area contributed by atoms with Gasteiger partial charge in [-0.25, -0.2) is 4.21 Å². The maximum Gasteiger partial charge on any atom is 0.417 e. The molecule has 0 saturated heterocycles. The lowest BCUT2D eigenvalue weighted by molar-refractivity contribution is -0.137. The third kappa shape index (κ3) is 3.90. The number of alkyl halides is 3. The minimum Gasteiger partial charge on any atom is -0.264 e. The Balaban J connectivity index is 3.06. The molecule has 0 bridgehead atoms. The fraction of sp³-hybridized carbons (Fsp3) is 0.455. The molecule has 1 heterocycles. The predicted octanol–water partition coefficient (Wildman–Crippen LogP) is 2.98. The molecule has 100 valence electrons. The van der Waals surface area contributed by atoms with Crippen molar-refractivity contribution in [2.45, 2.75) is 31.7 Å². The Labute approximate surface area is 106 Å². The first kappa shape index (κ1) is 14.8. The summed E-state index contributed by atoms with van der Waals surface area (Å²) in [5.41, 5.74) is -1.03. The molecule has 0 radical (unpaired) electrons. The number of halogens is 3. The van der Waals surface area contributed by atoms with Gasteiger partial charge in [-0.2, -0.15) is 17.6 Å². The van der Waals surface area contributed by atoms with E-state index < -0.39 is 27.5 Å². The lowest BCUT2D eigenvalue weighted by Crippen LogP contribution is -2.20. The molecular weight excluding hydrogens is 265 g/mol. The molecule has 1 aromatic rings. The molecule has 18 heavy (non-hydrogen) atoms. The molecule has 0 spiro atoms. The van der Waals surface area contributed by atoms with Gasteiger partial charge in [0.25, 0.3) is 0 Å². The van der Waals surface area contributed by atoms with E-state index in [0.29, 0.717) is 0 Å². The molecule has 0 aliphatic carbocycles. The van der Waals surface area contributed by atoms with Crippen LogP contribution in [-0.2, 0) is 17.2 Å². The van der Waals surface area contributed by atoms with Crippen molar-refractivity contribution in [2.75, 3.05) is 0 Å². The summed E-state index contributed by atoms with van der Waals surface area (Å²) >= 11 is 0. The first-order valence-electron chi connectivity index (χ1n) is 5.09. The fourth-order valence-corrected chi connectivity index (χ4v) is 1.56. The number of pyridine rings is 1. The third-order valence-corrected chi connectivity index (χ3v) is 3.31. The van der Waals surface area contributed by atoms with E-state index in [-0.39, 0.29) is 5.56 Å². The van der Waals surface area contributed by atoms with E-state index in [0.717, 1.165) is 24.7 Å². The average molecular weight is 278 g/mol. The van der Waals surface area contributed by atoms with Crippen LogP contribution < -0.4 is 0 Å². The van der Waals surface area contributed by atoms with Crippen molar-refractivity contribution >= 4 is 17.2 Å². The number of nitrogens with zero attached hydrogens (tertiary/aromatic N) is 2. The Morgan fingerprint density at radius 2 is 1.94 bits per heavy atom. The number of aromatic nitrogens is 1. The first-order valence-corrected chi connectivity index (χ1v) is 6.20. The van der Waals surface area contributed by atoms with Crippen molar-refractivity contribution in [3.8, 4) is 0 Å². The van der Waals surface area contributed by atoms with Crippen molar-refractivity contribution in [1.29, 1.82) is 0 Å². The average Bonchev–Trinajstić information content (AvgIpc) is 2.23. The second-order valence-corrected chi connectivity index (χ2v) is 6.49. The molecule has 7 heteroatoms. The van der Waals surface area contributed by atoms with Gasteiger partial charge in [0.1, 0.15) is 11.0 Å². The molecule has 0 amide bonds. The van der Waals surface area contributed by atoms with Crippen LogP contribution in [-0.4, -0.2) is 20.2 Å². The summed E-state index contributed by atoms with van der Waals surface area (Å²) in [7, 11) is -1.60. The van der Waals surface area contributed by atoms with Crippen LogP contribution in [0.4, 0.5) is 13.2 Å². The standard InChI is InChI=1S/C11H13F3N2OS/c1-10(2,3)18(17)16-7-8-6-15-5-4-9(8)11(12,13)14/h4-7H,1-3H3/b16-7+/t18-/m1/s1. The van der Waals surface area contributed by atoms with Gasteiger partial charge in [-0.05, 0) is 26.8 Å². The maximum atomic E-state index is 12.6. The molecule has 1 rings (SSSR count). The molecule has 0 aliphatic rings. The van der Waals surface area contributed by atoms with Crippen molar-refractivity contribution in [3.63, 3.8) is 0 Å². The molecular formula is C11H13F3N2OS. The highest BCUT2D eigenvalue weighted by molar-refractivity contribution is 7.85. The van der Waals surface area contributed by atoms with E-state index in [1.54, 1.807) is 20.8 Å². The maximum absolute atomic E-state index is 12.6. The Kier molecular flexibility index (Phi) is 4.26. The lowest BCUT2D eigenvalue weighted by Gasteiger charge is -2.13. The van der Waals surface area contributed by atoms with Gasteiger partial charge in [0, 0.05) is 24.2 Å². The summed E-state index contributed by atoms with van der Waals surface area (Å²) in [6, 6.07) is 0.862. The van der Waals surface area contributed by atoms with Crippen molar-refractivity contribution in [3.05, 3.63) is 29.6 Å². The molecule has 1 aromatic heterocycles. The summed E-state index contributed by atoms with van der Waals surface area (Å²) in [5, 5.41) is 0. The van der Waals surface area contributed by atoms with Gasteiger partial charge in [-0.1, -0.05) is 0 Å². The molecule has 0 unspecified atom stereocenters. The van der Waals surface area contributed by atoms with Crippen LogP contribution in [0.25, 0.3) is 0 Å². The SMILES string of the molecule is CC(C)(C)[S@@](=O)/N=C/c1cnccc1C(F)(F)F. The first-order chi connectivity index (χ1) is 8.12. The van der Waals surface area contributed by atoms with Gasteiger partial charge in [-0.3, -0.25) is 4.98 Å². The summed E-state index contributed by atoms with van der Waals surface area (Å²) in [6.45, 7) is 5.07. The van der Waals surface area contributed by atoms with Crippen LogP contribution in [0.1, 0.15) is 31.9 Å². The minimum absolute atomic E-state index is 0.192. The lowest BCUT2D eigenvalue weighted by atomic mass is 10.1. The molecule has 0 fully saturated rings. The van der Waals surface area contributed by atoms with Gasteiger partial charge >= 0.3 is 6.18 Å². The van der Waals surface area contributed by atoms with Crippen LogP contribution in [0, 0.1) is 0 Å². The highest BCUT2D eigenvalue weighted by Gasteiger charge is 2.33. The zero-order chi connectivity index (χ0) is 14.0.